The van der Waals surface area contributed by atoms with Gasteiger partial charge in [0.2, 0.25) is 0 Å². The van der Waals surface area contributed by atoms with Gasteiger partial charge in [0.15, 0.2) is 0 Å². The molecule has 4 heteroatoms. The first-order valence-corrected chi connectivity index (χ1v) is 7.96. The first-order chi connectivity index (χ1) is 8.73. The van der Waals surface area contributed by atoms with E-state index in [1.165, 1.54) is 55.9 Å². The van der Waals surface area contributed by atoms with E-state index in [4.69, 9.17) is 10.7 Å². The zero-order chi connectivity index (χ0) is 12.6. The number of nitrogens with zero attached hydrogens (tertiary/aromatic N) is 2. The number of likely N-dealkylation sites (N-methyl/N-ethyl adjacent to an activating group) is 1. The largest absolute Gasteiger partial charge is 0.330 e. The molecule has 100 valence electrons. The van der Waals surface area contributed by atoms with E-state index in [1.807, 2.05) is 11.3 Å². The van der Waals surface area contributed by atoms with Crippen LogP contribution in [0.5, 0.6) is 0 Å². The lowest BCUT2D eigenvalue weighted by Crippen LogP contribution is -2.41. The minimum Gasteiger partial charge on any atom is -0.330 e. The third kappa shape index (κ3) is 2.10. The molecular weight excluding hydrogens is 242 g/mol. The molecule has 3 rings (SSSR count). The summed E-state index contributed by atoms with van der Waals surface area (Å²) in [7, 11) is 2.22. The minimum atomic E-state index is 0.231. The van der Waals surface area contributed by atoms with Gasteiger partial charge in [-0.3, -0.25) is 0 Å². The lowest BCUT2D eigenvalue weighted by atomic mass is 9.67. The van der Waals surface area contributed by atoms with Gasteiger partial charge < -0.3 is 10.6 Å². The smallest absolute Gasteiger partial charge is 0.0972 e. The van der Waals surface area contributed by atoms with Crippen molar-refractivity contribution in [3.63, 3.8) is 0 Å². The van der Waals surface area contributed by atoms with Gasteiger partial charge in [-0.2, -0.15) is 0 Å². The van der Waals surface area contributed by atoms with Gasteiger partial charge in [-0.1, -0.05) is 6.42 Å². The second-order valence-corrected chi connectivity index (χ2v) is 6.90. The van der Waals surface area contributed by atoms with E-state index in [9.17, 15) is 0 Å². The van der Waals surface area contributed by atoms with Crippen LogP contribution in [0.4, 0.5) is 0 Å². The van der Waals surface area contributed by atoms with Gasteiger partial charge in [-0.15, -0.1) is 11.3 Å². The Morgan fingerprint density at radius 1 is 1.50 bits per heavy atom. The average molecular weight is 265 g/mol. The molecule has 0 spiro atoms. The van der Waals surface area contributed by atoms with Crippen LogP contribution in [0.3, 0.4) is 0 Å². The molecule has 3 nitrogen and oxygen atoms in total. The summed E-state index contributed by atoms with van der Waals surface area (Å²) in [6.07, 6.45) is 6.38. The fourth-order valence-electron chi connectivity index (χ4n) is 3.26. The SMILES string of the molecule is CN1CCCC(c2nc(C3(CN)CCC3)cs2)C1. The lowest BCUT2D eigenvalue weighted by molar-refractivity contribution is 0.240. The topological polar surface area (TPSA) is 42.2 Å². The summed E-state index contributed by atoms with van der Waals surface area (Å²) in [6, 6.07) is 0. The summed E-state index contributed by atoms with van der Waals surface area (Å²) in [5.41, 5.74) is 7.48. The van der Waals surface area contributed by atoms with Gasteiger partial charge in [0.25, 0.3) is 0 Å². The predicted molar refractivity (Wildman–Crippen MR) is 76.2 cm³/mol. The second kappa shape index (κ2) is 4.91. The molecule has 0 aromatic carbocycles. The summed E-state index contributed by atoms with van der Waals surface area (Å²) < 4.78 is 0. The zero-order valence-electron chi connectivity index (χ0n) is 11.2. The summed E-state index contributed by atoms with van der Waals surface area (Å²) in [6.45, 7) is 3.17. The summed E-state index contributed by atoms with van der Waals surface area (Å²) >= 11 is 1.86. The van der Waals surface area contributed by atoms with E-state index in [2.05, 4.69) is 17.3 Å². The van der Waals surface area contributed by atoms with Crippen LogP contribution in [0, 0.1) is 0 Å². The van der Waals surface area contributed by atoms with Crippen molar-refractivity contribution in [1.29, 1.82) is 0 Å². The standard InChI is InChI=1S/C14H23N3S/c1-17-7-2-4-11(8-17)13-16-12(9-18-13)14(10-15)5-3-6-14/h9,11H,2-8,10,15H2,1H3. The highest BCUT2D eigenvalue weighted by Crippen LogP contribution is 2.43. The van der Waals surface area contributed by atoms with Crippen LogP contribution in [-0.4, -0.2) is 36.6 Å². The van der Waals surface area contributed by atoms with Crippen LogP contribution in [0.1, 0.15) is 48.7 Å². The third-order valence-corrected chi connectivity index (χ3v) is 5.75. The highest BCUT2D eigenvalue weighted by atomic mass is 32.1. The molecule has 1 aliphatic carbocycles. The van der Waals surface area contributed by atoms with E-state index in [0.717, 1.165) is 6.54 Å². The number of aromatic nitrogens is 1. The Morgan fingerprint density at radius 2 is 2.33 bits per heavy atom. The maximum Gasteiger partial charge on any atom is 0.0972 e. The molecule has 2 fully saturated rings. The highest BCUT2D eigenvalue weighted by Gasteiger charge is 2.39. The first kappa shape index (κ1) is 12.6. The molecule has 0 bridgehead atoms. The second-order valence-electron chi connectivity index (χ2n) is 6.01. The third-order valence-electron chi connectivity index (χ3n) is 4.74. The number of hydrogen-bond acceptors (Lipinski definition) is 4. The summed E-state index contributed by atoms with van der Waals surface area (Å²) in [5, 5.41) is 3.62. The minimum absolute atomic E-state index is 0.231. The predicted octanol–water partition coefficient (Wildman–Crippen LogP) is 2.33. The molecule has 1 saturated heterocycles. The fourth-order valence-corrected chi connectivity index (χ4v) is 4.33. The summed E-state index contributed by atoms with van der Waals surface area (Å²) in [4.78, 5) is 7.37. The van der Waals surface area contributed by atoms with Crippen LogP contribution in [0.2, 0.25) is 0 Å². The van der Waals surface area contributed by atoms with Gasteiger partial charge in [0.1, 0.15) is 0 Å². The number of likely N-dealkylation sites (tertiary alicyclic amines) is 1. The normalized spacial score (nSPS) is 28.0. The molecule has 2 aliphatic rings. The van der Waals surface area contributed by atoms with Crippen LogP contribution in [-0.2, 0) is 5.41 Å². The Hall–Kier alpha value is -0.450. The Bertz CT molecular complexity index is 405. The number of rotatable bonds is 3. The van der Waals surface area contributed by atoms with Gasteiger partial charge in [0.05, 0.1) is 10.7 Å². The van der Waals surface area contributed by atoms with Crippen molar-refractivity contribution in [1.82, 2.24) is 9.88 Å². The van der Waals surface area contributed by atoms with Gasteiger partial charge in [-0.25, -0.2) is 4.98 Å². The quantitative estimate of drug-likeness (QED) is 0.912. The first-order valence-electron chi connectivity index (χ1n) is 7.08. The molecule has 18 heavy (non-hydrogen) atoms. The van der Waals surface area contributed by atoms with E-state index in [0.29, 0.717) is 5.92 Å². The van der Waals surface area contributed by atoms with Gasteiger partial charge >= 0.3 is 0 Å². The van der Waals surface area contributed by atoms with Crippen molar-refractivity contribution in [3.05, 3.63) is 16.1 Å². The number of thiazole rings is 1. The average Bonchev–Trinajstić information content (AvgIpc) is 2.78. The van der Waals surface area contributed by atoms with Crippen LogP contribution >= 0.6 is 11.3 Å². The molecule has 1 aromatic heterocycles. The molecule has 1 saturated carbocycles. The van der Waals surface area contributed by atoms with Crippen molar-refractivity contribution < 1.29 is 0 Å². The Kier molecular flexibility index (Phi) is 3.43. The van der Waals surface area contributed by atoms with Crippen molar-refractivity contribution in [3.8, 4) is 0 Å². The van der Waals surface area contributed by atoms with E-state index >= 15 is 0 Å². The molecule has 1 unspecified atom stereocenters. The lowest BCUT2D eigenvalue weighted by Gasteiger charge is -2.39. The zero-order valence-corrected chi connectivity index (χ0v) is 12.0. The molecule has 1 aromatic rings. The van der Waals surface area contributed by atoms with Crippen LogP contribution in [0.25, 0.3) is 0 Å². The molecule has 0 amide bonds. The van der Waals surface area contributed by atoms with E-state index in [1.54, 1.807) is 0 Å². The maximum absolute atomic E-state index is 5.97. The molecule has 2 N–H and O–H groups in total. The molecule has 2 heterocycles. The summed E-state index contributed by atoms with van der Waals surface area (Å²) in [5.74, 6) is 0.650. The van der Waals surface area contributed by atoms with Crippen LogP contribution < -0.4 is 5.73 Å². The molecular formula is C14H23N3S. The van der Waals surface area contributed by atoms with Crippen molar-refractivity contribution in [2.75, 3.05) is 26.7 Å². The Balaban J connectivity index is 1.76. The number of nitrogens with two attached hydrogens (primary N) is 1. The van der Waals surface area contributed by atoms with Crippen molar-refractivity contribution in [2.24, 2.45) is 5.73 Å². The highest BCUT2D eigenvalue weighted by molar-refractivity contribution is 7.09. The molecule has 1 atom stereocenters. The maximum atomic E-state index is 5.97. The molecule has 1 aliphatic heterocycles. The van der Waals surface area contributed by atoms with Gasteiger partial charge in [0, 0.05) is 29.8 Å². The monoisotopic (exact) mass is 265 g/mol. The number of piperidine rings is 1. The fraction of sp³-hybridized carbons (Fsp3) is 0.786. The van der Waals surface area contributed by atoms with Crippen molar-refractivity contribution >= 4 is 11.3 Å². The van der Waals surface area contributed by atoms with Crippen molar-refractivity contribution in [2.45, 2.75) is 43.4 Å². The van der Waals surface area contributed by atoms with E-state index in [-0.39, 0.29) is 5.41 Å². The van der Waals surface area contributed by atoms with Crippen LogP contribution in [0.15, 0.2) is 5.38 Å². The molecule has 0 radical (unpaired) electrons. The number of hydrogen-bond donors (Lipinski definition) is 1. The van der Waals surface area contributed by atoms with Gasteiger partial charge in [-0.05, 0) is 39.3 Å². The van der Waals surface area contributed by atoms with E-state index < -0.39 is 0 Å². The Labute approximate surface area is 113 Å². The Morgan fingerprint density at radius 3 is 2.94 bits per heavy atom.